The fourth-order valence-corrected chi connectivity index (χ4v) is 1.58. The van der Waals surface area contributed by atoms with Gasteiger partial charge in [-0.3, -0.25) is 0 Å². The monoisotopic (exact) mass is 166 g/mol. The number of benzene rings is 1. The lowest BCUT2D eigenvalue weighted by Crippen LogP contribution is -2.11. The van der Waals surface area contributed by atoms with Gasteiger partial charge in [0.25, 0.3) is 0 Å². The Bertz CT molecular complexity index is 337. The zero-order valence-corrected chi connectivity index (χ0v) is 6.29. The minimum atomic E-state index is -0.257. The van der Waals surface area contributed by atoms with Gasteiger partial charge in [0.05, 0.1) is 0 Å². The van der Waals surface area contributed by atoms with Crippen LogP contribution in [0.2, 0.25) is 0 Å². The number of ether oxygens (including phenoxy) is 2. The lowest BCUT2D eigenvalue weighted by molar-refractivity contribution is 0.266. The summed E-state index contributed by atoms with van der Waals surface area (Å²) >= 11 is 0. The Morgan fingerprint density at radius 2 is 2.33 bits per heavy atom. The summed E-state index contributed by atoms with van der Waals surface area (Å²) in [6, 6.07) is 4.58. The zero-order chi connectivity index (χ0) is 8.13. The predicted octanol–water partition coefficient (Wildman–Crippen LogP) is 1.66. The van der Waals surface area contributed by atoms with Crippen molar-refractivity contribution in [2.75, 3.05) is 6.61 Å². The maximum absolute atomic E-state index is 12.7. The summed E-state index contributed by atoms with van der Waals surface area (Å²) in [6.07, 6.45) is 0.373. The molecule has 0 spiro atoms. The van der Waals surface area contributed by atoms with E-state index in [1.54, 1.807) is 6.07 Å². The Kier molecular flexibility index (Phi) is 1.06. The van der Waals surface area contributed by atoms with Crippen molar-refractivity contribution in [3.63, 3.8) is 0 Å². The van der Waals surface area contributed by atoms with Gasteiger partial charge in [-0.05, 0) is 12.1 Å². The Labute approximate surface area is 68.9 Å². The maximum atomic E-state index is 12.7. The molecule has 0 aromatic heterocycles. The lowest BCUT2D eigenvalue weighted by Gasteiger charge is -2.12. The van der Waals surface area contributed by atoms with Gasteiger partial charge in [0.15, 0.2) is 0 Å². The molecule has 62 valence electrons. The molecule has 0 radical (unpaired) electrons. The van der Waals surface area contributed by atoms with Gasteiger partial charge in [0, 0.05) is 11.6 Å². The van der Waals surface area contributed by atoms with E-state index in [2.05, 4.69) is 0 Å². The Hall–Kier alpha value is -1.09. The Morgan fingerprint density at radius 3 is 3.25 bits per heavy atom. The zero-order valence-electron chi connectivity index (χ0n) is 6.29. The molecule has 0 N–H and O–H groups in total. The second kappa shape index (κ2) is 1.98. The van der Waals surface area contributed by atoms with E-state index in [1.165, 1.54) is 12.1 Å². The molecule has 1 saturated heterocycles. The van der Waals surface area contributed by atoms with Gasteiger partial charge in [-0.25, -0.2) is 4.39 Å². The summed E-state index contributed by atoms with van der Waals surface area (Å²) in [5.74, 6) is 0.376. The van der Waals surface area contributed by atoms with Gasteiger partial charge >= 0.3 is 0 Å². The molecule has 2 aliphatic heterocycles. The highest BCUT2D eigenvalue weighted by Crippen LogP contribution is 2.46. The van der Waals surface area contributed by atoms with Crippen LogP contribution in [0.1, 0.15) is 11.7 Å². The average molecular weight is 166 g/mol. The molecule has 2 aliphatic rings. The minimum absolute atomic E-state index is 0.161. The highest BCUT2D eigenvalue weighted by atomic mass is 19.1. The second-order valence-corrected chi connectivity index (χ2v) is 3.09. The standard InChI is InChI=1S/C9H7FO2/c10-5-1-2-6-7(3-5)11-4-8-9(6)12-8/h1-3,8-9H,4H2. The summed E-state index contributed by atoms with van der Waals surface area (Å²) in [7, 11) is 0. The van der Waals surface area contributed by atoms with Crippen molar-refractivity contribution in [3.05, 3.63) is 29.6 Å². The topological polar surface area (TPSA) is 21.8 Å². The van der Waals surface area contributed by atoms with Gasteiger partial charge in [0.1, 0.15) is 30.4 Å². The van der Waals surface area contributed by atoms with Gasteiger partial charge in [-0.15, -0.1) is 0 Å². The number of halogens is 1. The smallest absolute Gasteiger partial charge is 0.128 e. The third-order valence-electron chi connectivity index (χ3n) is 2.27. The van der Waals surface area contributed by atoms with Crippen LogP contribution in [0.3, 0.4) is 0 Å². The first kappa shape index (κ1) is 6.43. The third kappa shape index (κ3) is 0.770. The lowest BCUT2D eigenvalue weighted by atomic mass is 10.1. The van der Waals surface area contributed by atoms with Crippen LogP contribution in [0.4, 0.5) is 4.39 Å². The van der Waals surface area contributed by atoms with Crippen molar-refractivity contribution in [1.29, 1.82) is 0 Å². The SMILES string of the molecule is Fc1ccc2c(c1)OCC1OC21. The van der Waals surface area contributed by atoms with Crippen molar-refractivity contribution in [3.8, 4) is 5.75 Å². The summed E-state index contributed by atoms with van der Waals surface area (Å²) in [4.78, 5) is 0. The van der Waals surface area contributed by atoms with Gasteiger partial charge in [0.2, 0.25) is 0 Å². The number of fused-ring (bicyclic) bond motifs is 3. The normalized spacial score (nSPS) is 30.1. The summed E-state index contributed by atoms with van der Waals surface area (Å²) in [5.41, 5.74) is 0.979. The molecule has 0 aliphatic carbocycles. The van der Waals surface area contributed by atoms with E-state index in [4.69, 9.17) is 9.47 Å². The molecule has 1 aromatic rings. The average Bonchev–Trinajstić information content (AvgIpc) is 2.82. The van der Waals surface area contributed by atoms with E-state index in [0.29, 0.717) is 12.4 Å². The molecule has 3 rings (SSSR count). The van der Waals surface area contributed by atoms with E-state index in [0.717, 1.165) is 5.56 Å². The maximum Gasteiger partial charge on any atom is 0.128 e. The minimum Gasteiger partial charge on any atom is -0.490 e. The molecule has 1 fully saturated rings. The molecule has 2 heterocycles. The molecule has 0 bridgehead atoms. The van der Waals surface area contributed by atoms with Gasteiger partial charge < -0.3 is 9.47 Å². The highest BCUT2D eigenvalue weighted by molar-refractivity contribution is 5.40. The van der Waals surface area contributed by atoms with E-state index in [9.17, 15) is 4.39 Å². The van der Waals surface area contributed by atoms with Crippen molar-refractivity contribution in [2.45, 2.75) is 12.2 Å². The van der Waals surface area contributed by atoms with Crippen LogP contribution in [0.5, 0.6) is 5.75 Å². The van der Waals surface area contributed by atoms with Crippen LogP contribution in [0, 0.1) is 5.82 Å². The molecule has 2 atom stereocenters. The number of epoxide rings is 1. The molecule has 1 aromatic carbocycles. The Morgan fingerprint density at radius 1 is 1.42 bits per heavy atom. The van der Waals surface area contributed by atoms with Crippen LogP contribution in [0.15, 0.2) is 18.2 Å². The first-order valence-electron chi connectivity index (χ1n) is 3.92. The van der Waals surface area contributed by atoms with E-state index >= 15 is 0 Å². The molecular formula is C9H7FO2. The molecular weight excluding hydrogens is 159 g/mol. The Balaban J connectivity index is 2.12. The van der Waals surface area contributed by atoms with Crippen molar-refractivity contribution < 1.29 is 13.9 Å². The van der Waals surface area contributed by atoms with Crippen molar-refractivity contribution in [1.82, 2.24) is 0 Å². The van der Waals surface area contributed by atoms with Gasteiger partial charge in [-0.2, -0.15) is 0 Å². The largest absolute Gasteiger partial charge is 0.490 e. The number of rotatable bonds is 0. The molecule has 3 heteroatoms. The van der Waals surface area contributed by atoms with Crippen molar-refractivity contribution >= 4 is 0 Å². The predicted molar refractivity (Wildman–Crippen MR) is 39.5 cm³/mol. The summed E-state index contributed by atoms with van der Waals surface area (Å²) in [5, 5.41) is 0. The molecule has 12 heavy (non-hydrogen) atoms. The molecule has 0 saturated carbocycles. The molecule has 2 unspecified atom stereocenters. The first-order valence-corrected chi connectivity index (χ1v) is 3.92. The van der Waals surface area contributed by atoms with E-state index in [1.807, 2.05) is 0 Å². The van der Waals surface area contributed by atoms with E-state index < -0.39 is 0 Å². The second-order valence-electron chi connectivity index (χ2n) is 3.09. The van der Waals surface area contributed by atoms with E-state index in [-0.39, 0.29) is 18.0 Å². The fraction of sp³-hybridized carbons (Fsp3) is 0.333. The van der Waals surface area contributed by atoms with Crippen LogP contribution in [-0.4, -0.2) is 12.7 Å². The summed E-state index contributed by atoms with van der Waals surface area (Å²) < 4.78 is 23.3. The quantitative estimate of drug-likeness (QED) is 0.547. The van der Waals surface area contributed by atoms with Crippen LogP contribution >= 0.6 is 0 Å². The van der Waals surface area contributed by atoms with Crippen LogP contribution < -0.4 is 4.74 Å². The number of hydrogen-bond donors (Lipinski definition) is 0. The van der Waals surface area contributed by atoms with Crippen LogP contribution in [-0.2, 0) is 4.74 Å². The van der Waals surface area contributed by atoms with Crippen molar-refractivity contribution in [2.24, 2.45) is 0 Å². The van der Waals surface area contributed by atoms with Crippen LogP contribution in [0.25, 0.3) is 0 Å². The fourth-order valence-electron chi connectivity index (χ4n) is 1.58. The highest BCUT2D eigenvalue weighted by Gasteiger charge is 2.45. The summed E-state index contributed by atoms with van der Waals surface area (Å²) in [6.45, 7) is 0.557. The number of hydrogen-bond acceptors (Lipinski definition) is 2. The molecule has 0 amide bonds. The third-order valence-corrected chi connectivity index (χ3v) is 2.27. The first-order chi connectivity index (χ1) is 5.84. The molecule has 2 nitrogen and oxygen atoms in total. The van der Waals surface area contributed by atoms with Gasteiger partial charge in [-0.1, -0.05) is 0 Å².